The molecule has 3 aromatic rings. The number of aromatic nitrogens is 3. The molecular weight excluding hydrogens is 340 g/mol. The monoisotopic (exact) mass is 362 g/mol. The highest BCUT2D eigenvalue weighted by Crippen LogP contribution is 2.23. The number of nitrogens with one attached hydrogen (secondary N) is 1. The van der Waals surface area contributed by atoms with E-state index >= 15 is 0 Å². The maximum absolute atomic E-state index is 12.8. The van der Waals surface area contributed by atoms with Gasteiger partial charge in [-0.05, 0) is 42.0 Å². The Labute approximate surface area is 157 Å². The van der Waals surface area contributed by atoms with E-state index in [0.29, 0.717) is 17.3 Å². The average molecular weight is 362 g/mol. The number of rotatable bonds is 5. The molecule has 138 valence electrons. The van der Waals surface area contributed by atoms with E-state index in [-0.39, 0.29) is 12.5 Å². The van der Waals surface area contributed by atoms with Crippen LogP contribution in [0.15, 0.2) is 54.9 Å². The summed E-state index contributed by atoms with van der Waals surface area (Å²) >= 11 is 0. The van der Waals surface area contributed by atoms with Crippen LogP contribution >= 0.6 is 0 Å². The molecule has 1 fully saturated rings. The van der Waals surface area contributed by atoms with Crippen molar-refractivity contribution < 1.29 is 9.90 Å². The highest BCUT2D eigenvalue weighted by molar-refractivity contribution is 5.94. The number of likely N-dealkylation sites (tertiary alicyclic amines) is 1. The molecule has 1 saturated heterocycles. The van der Waals surface area contributed by atoms with Crippen molar-refractivity contribution in [2.24, 2.45) is 5.92 Å². The van der Waals surface area contributed by atoms with Crippen molar-refractivity contribution in [3.05, 3.63) is 71.5 Å². The number of aromatic amines is 1. The van der Waals surface area contributed by atoms with E-state index in [2.05, 4.69) is 27.3 Å². The van der Waals surface area contributed by atoms with Crippen LogP contribution in [0, 0.1) is 5.92 Å². The molecule has 0 saturated carbocycles. The third-order valence-corrected chi connectivity index (χ3v) is 5.12. The second-order valence-electron chi connectivity index (χ2n) is 7.00. The molecule has 6 heteroatoms. The number of aliphatic hydroxyl groups excluding tert-OH is 1. The molecule has 1 unspecified atom stereocenters. The van der Waals surface area contributed by atoms with Crippen LogP contribution < -0.4 is 0 Å². The Morgan fingerprint density at radius 3 is 2.52 bits per heavy atom. The van der Waals surface area contributed by atoms with Gasteiger partial charge >= 0.3 is 0 Å². The van der Waals surface area contributed by atoms with Gasteiger partial charge in [-0.3, -0.25) is 9.89 Å². The Kier molecular flexibility index (Phi) is 4.98. The number of carbonyl (C=O) groups is 1. The van der Waals surface area contributed by atoms with Crippen molar-refractivity contribution in [2.45, 2.75) is 19.4 Å². The van der Waals surface area contributed by atoms with Crippen molar-refractivity contribution in [2.75, 3.05) is 13.1 Å². The minimum atomic E-state index is 0.0706. The van der Waals surface area contributed by atoms with E-state index in [1.54, 1.807) is 0 Å². The highest BCUT2D eigenvalue weighted by Gasteiger charge is 2.27. The lowest BCUT2D eigenvalue weighted by Crippen LogP contribution is -2.28. The zero-order valence-electron chi connectivity index (χ0n) is 15.0. The normalized spacial score (nSPS) is 16.6. The molecular formula is C21H22N4O2. The lowest BCUT2D eigenvalue weighted by Gasteiger charge is -2.17. The summed E-state index contributed by atoms with van der Waals surface area (Å²) in [5.41, 5.74) is 3.79. The number of nitrogens with zero attached hydrogens (tertiary/aromatic N) is 3. The molecule has 0 radical (unpaired) electrons. The molecule has 1 atom stereocenters. The average Bonchev–Trinajstić information content (AvgIpc) is 3.41. The van der Waals surface area contributed by atoms with Gasteiger partial charge in [-0.25, -0.2) is 4.98 Å². The van der Waals surface area contributed by atoms with E-state index in [4.69, 9.17) is 5.11 Å². The second-order valence-corrected chi connectivity index (χ2v) is 7.00. The number of benzene rings is 2. The molecule has 1 aliphatic heterocycles. The van der Waals surface area contributed by atoms with Crippen LogP contribution in [-0.4, -0.2) is 44.2 Å². The van der Waals surface area contributed by atoms with Crippen LogP contribution in [0.3, 0.4) is 0 Å². The van der Waals surface area contributed by atoms with Crippen LogP contribution in [0.5, 0.6) is 0 Å². The van der Waals surface area contributed by atoms with Crippen molar-refractivity contribution in [3.63, 3.8) is 0 Å². The number of H-pyrrole nitrogens is 1. The quantitative estimate of drug-likeness (QED) is 0.731. The predicted octanol–water partition coefficient (Wildman–Crippen LogP) is 2.67. The Morgan fingerprint density at radius 2 is 1.85 bits per heavy atom. The highest BCUT2D eigenvalue weighted by atomic mass is 16.3. The topological polar surface area (TPSA) is 82.1 Å². The van der Waals surface area contributed by atoms with Gasteiger partial charge in [0.05, 0.1) is 6.61 Å². The Hall–Kier alpha value is -2.99. The van der Waals surface area contributed by atoms with Gasteiger partial charge in [0.1, 0.15) is 6.33 Å². The first-order chi connectivity index (χ1) is 13.2. The number of hydrogen-bond acceptors (Lipinski definition) is 4. The fourth-order valence-corrected chi connectivity index (χ4v) is 3.60. The van der Waals surface area contributed by atoms with Crippen LogP contribution in [0.1, 0.15) is 27.9 Å². The summed E-state index contributed by atoms with van der Waals surface area (Å²) in [5.74, 6) is 1.25. The molecule has 1 amide bonds. The third kappa shape index (κ3) is 3.90. The van der Waals surface area contributed by atoms with E-state index in [0.717, 1.165) is 37.1 Å². The van der Waals surface area contributed by atoms with Crippen LogP contribution in [0.2, 0.25) is 0 Å². The van der Waals surface area contributed by atoms with Crippen LogP contribution in [0.4, 0.5) is 0 Å². The predicted molar refractivity (Wildman–Crippen MR) is 102 cm³/mol. The van der Waals surface area contributed by atoms with E-state index in [1.165, 1.54) is 11.9 Å². The van der Waals surface area contributed by atoms with Gasteiger partial charge in [-0.1, -0.05) is 36.4 Å². The minimum absolute atomic E-state index is 0.0706. The van der Waals surface area contributed by atoms with E-state index in [1.807, 2.05) is 41.3 Å². The summed E-state index contributed by atoms with van der Waals surface area (Å²) in [6, 6.07) is 15.5. The van der Waals surface area contributed by atoms with Crippen molar-refractivity contribution in [1.82, 2.24) is 20.1 Å². The fourth-order valence-electron chi connectivity index (χ4n) is 3.60. The molecule has 4 rings (SSSR count). The van der Waals surface area contributed by atoms with Gasteiger partial charge in [0.15, 0.2) is 5.82 Å². The summed E-state index contributed by atoms with van der Waals surface area (Å²) in [6.07, 6.45) is 3.44. The molecule has 2 aromatic carbocycles. The Morgan fingerprint density at radius 1 is 1.11 bits per heavy atom. The second kappa shape index (κ2) is 7.72. The smallest absolute Gasteiger partial charge is 0.253 e. The van der Waals surface area contributed by atoms with Crippen LogP contribution in [-0.2, 0) is 13.0 Å². The summed E-state index contributed by atoms with van der Waals surface area (Å²) in [4.78, 5) is 18.9. The maximum atomic E-state index is 12.8. The first kappa shape index (κ1) is 17.4. The zero-order valence-corrected chi connectivity index (χ0v) is 15.0. The van der Waals surface area contributed by atoms with Crippen molar-refractivity contribution >= 4 is 5.91 Å². The van der Waals surface area contributed by atoms with Gasteiger partial charge in [-0.2, -0.15) is 5.10 Å². The van der Waals surface area contributed by atoms with Gasteiger partial charge in [0.25, 0.3) is 5.91 Å². The molecule has 6 nitrogen and oxygen atoms in total. The van der Waals surface area contributed by atoms with Gasteiger partial charge in [0.2, 0.25) is 0 Å². The summed E-state index contributed by atoms with van der Waals surface area (Å²) in [7, 11) is 0. The van der Waals surface area contributed by atoms with Gasteiger partial charge < -0.3 is 10.0 Å². The first-order valence-electron chi connectivity index (χ1n) is 9.16. The molecule has 1 aromatic heterocycles. The molecule has 1 aliphatic rings. The minimum Gasteiger partial charge on any atom is -0.392 e. The molecule has 0 spiro atoms. The molecule has 2 heterocycles. The number of aliphatic hydroxyl groups is 1. The molecule has 27 heavy (non-hydrogen) atoms. The Balaban J connectivity index is 1.37. The molecule has 0 aliphatic carbocycles. The first-order valence-corrected chi connectivity index (χ1v) is 9.16. The molecule has 0 bridgehead atoms. The fraction of sp³-hybridized carbons (Fsp3) is 0.286. The van der Waals surface area contributed by atoms with E-state index in [9.17, 15) is 4.79 Å². The Bertz CT molecular complexity index is 889. The SMILES string of the molecule is O=C(c1ccc(-c2ncn[nH]2)cc1)N1CCC(Cc2ccc(CO)cc2)C1. The molecule has 2 N–H and O–H groups in total. The van der Waals surface area contributed by atoms with Crippen molar-refractivity contribution in [1.29, 1.82) is 0 Å². The number of amides is 1. The largest absolute Gasteiger partial charge is 0.392 e. The summed E-state index contributed by atoms with van der Waals surface area (Å²) < 4.78 is 0. The van der Waals surface area contributed by atoms with Gasteiger partial charge in [-0.15, -0.1) is 0 Å². The summed E-state index contributed by atoms with van der Waals surface area (Å²) in [5, 5.41) is 15.8. The maximum Gasteiger partial charge on any atom is 0.253 e. The van der Waals surface area contributed by atoms with Crippen molar-refractivity contribution in [3.8, 4) is 11.4 Å². The number of carbonyl (C=O) groups excluding carboxylic acids is 1. The lowest BCUT2D eigenvalue weighted by molar-refractivity contribution is 0.0787. The van der Waals surface area contributed by atoms with E-state index < -0.39 is 0 Å². The van der Waals surface area contributed by atoms with Gasteiger partial charge in [0, 0.05) is 24.2 Å². The number of hydrogen-bond donors (Lipinski definition) is 2. The van der Waals surface area contributed by atoms with Crippen LogP contribution in [0.25, 0.3) is 11.4 Å². The summed E-state index contributed by atoms with van der Waals surface area (Å²) in [6.45, 7) is 1.65. The lowest BCUT2D eigenvalue weighted by atomic mass is 9.98. The third-order valence-electron chi connectivity index (χ3n) is 5.12. The zero-order chi connectivity index (χ0) is 18.6. The standard InChI is InChI=1S/C21H22N4O2/c26-13-16-3-1-15(2-4-16)11-17-9-10-25(12-17)21(27)19-7-5-18(6-8-19)20-22-14-23-24-20/h1-8,14,17,26H,9-13H2,(H,22,23,24).